The van der Waals surface area contributed by atoms with Crippen molar-refractivity contribution >= 4 is 17.2 Å². The van der Waals surface area contributed by atoms with Crippen molar-refractivity contribution in [2.24, 2.45) is 7.05 Å². The number of halogens is 1. The first kappa shape index (κ1) is 15.1. The van der Waals surface area contributed by atoms with E-state index in [4.69, 9.17) is 4.74 Å². The lowest BCUT2D eigenvalue weighted by Gasteiger charge is -2.07. The molecule has 0 bridgehead atoms. The summed E-state index contributed by atoms with van der Waals surface area (Å²) in [6.45, 7) is 1.86. The molecule has 0 radical (unpaired) electrons. The molecule has 0 aliphatic rings. The molecular formula is C14H11FN4O3S. The summed E-state index contributed by atoms with van der Waals surface area (Å²) in [6.07, 6.45) is 1.23. The minimum atomic E-state index is -0.681. The highest BCUT2D eigenvalue weighted by atomic mass is 32.1. The topological polar surface area (TPSA) is 83.1 Å². The second-order valence-electron chi connectivity index (χ2n) is 4.74. The van der Waals surface area contributed by atoms with Crippen LogP contribution in [0, 0.1) is 22.9 Å². The van der Waals surface area contributed by atoms with Crippen molar-refractivity contribution in [1.82, 2.24) is 14.5 Å². The first-order chi connectivity index (χ1) is 11.0. The van der Waals surface area contributed by atoms with Crippen LogP contribution >= 0.6 is 11.3 Å². The average Bonchev–Trinajstić information content (AvgIpc) is 3.08. The fourth-order valence-electron chi connectivity index (χ4n) is 1.99. The van der Waals surface area contributed by atoms with E-state index >= 15 is 0 Å². The van der Waals surface area contributed by atoms with E-state index in [1.165, 1.54) is 41.4 Å². The lowest BCUT2D eigenvalue weighted by atomic mass is 10.1. The van der Waals surface area contributed by atoms with Crippen molar-refractivity contribution in [2.75, 3.05) is 0 Å². The fraction of sp³-hybridized carbons (Fsp3) is 0.143. The van der Waals surface area contributed by atoms with E-state index in [1.54, 1.807) is 6.07 Å². The lowest BCUT2D eigenvalue weighted by molar-refractivity contribution is -0.390. The summed E-state index contributed by atoms with van der Waals surface area (Å²) in [5.74, 6) is -1.35. The number of aromatic nitrogens is 3. The largest absolute Gasteiger partial charge is 0.431 e. The molecule has 0 spiro atoms. The highest BCUT2D eigenvalue weighted by Crippen LogP contribution is 2.33. The van der Waals surface area contributed by atoms with Crippen LogP contribution in [-0.4, -0.2) is 19.5 Å². The average molecular weight is 334 g/mol. The summed E-state index contributed by atoms with van der Waals surface area (Å²) < 4.78 is 20.9. The second kappa shape index (κ2) is 5.76. The number of hydrogen-bond acceptors (Lipinski definition) is 6. The summed E-state index contributed by atoms with van der Waals surface area (Å²) in [4.78, 5) is 18.1. The van der Waals surface area contributed by atoms with Crippen molar-refractivity contribution in [1.29, 1.82) is 0 Å². The summed E-state index contributed by atoms with van der Waals surface area (Å²) in [5, 5.41) is 13.6. The minimum absolute atomic E-state index is 0.118. The van der Waals surface area contributed by atoms with E-state index in [-0.39, 0.29) is 11.6 Å². The van der Waals surface area contributed by atoms with Crippen LogP contribution in [-0.2, 0) is 7.05 Å². The van der Waals surface area contributed by atoms with Crippen LogP contribution in [0.1, 0.15) is 5.01 Å². The summed E-state index contributed by atoms with van der Waals surface area (Å²) in [7, 11) is 1.53. The third-order valence-electron chi connectivity index (χ3n) is 3.09. The Labute approximate surface area is 134 Å². The van der Waals surface area contributed by atoms with Gasteiger partial charge in [-0.2, -0.15) is 0 Å². The van der Waals surface area contributed by atoms with E-state index in [9.17, 15) is 14.5 Å². The molecular weight excluding hydrogens is 323 g/mol. The van der Waals surface area contributed by atoms with Crippen molar-refractivity contribution < 1.29 is 14.1 Å². The molecule has 0 aliphatic carbocycles. The molecule has 0 N–H and O–H groups in total. The Morgan fingerprint density at radius 1 is 1.43 bits per heavy atom. The Morgan fingerprint density at radius 2 is 2.22 bits per heavy atom. The number of hydrogen-bond donors (Lipinski definition) is 0. The molecule has 0 amide bonds. The Bertz CT molecular complexity index is 890. The molecule has 3 aromatic rings. The standard InChI is InChI=1S/C14H11FN4O3S/c1-8-17-11(6-23-8)9-3-4-12(10(15)5-9)22-14-13(19(20)21)16-7-18(14)2/h3-7H,1-2H3. The Kier molecular flexibility index (Phi) is 3.78. The first-order valence-corrected chi connectivity index (χ1v) is 7.39. The van der Waals surface area contributed by atoms with Gasteiger partial charge in [-0.3, -0.25) is 4.57 Å². The van der Waals surface area contributed by atoms with Gasteiger partial charge < -0.3 is 14.9 Å². The van der Waals surface area contributed by atoms with E-state index in [1.807, 2.05) is 12.3 Å². The fourth-order valence-corrected chi connectivity index (χ4v) is 2.61. The van der Waals surface area contributed by atoms with Gasteiger partial charge in [0.2, 0.25) is 6.33 Å². The molecule has 0 aliphatic heterocycles. The molecule has 7 nitrogen and oxygen atoms in total. The molecule has 118 valence electrons. The highest BCUT2D eigenvalue weighted by molar-refractivity contribution is 7.09. The molecule has 2 aromatic heterocycles. The molecule has 0 saturated carbocycles. The van der Waals surface area contributed by atoms with E-state index in [2.05, 4.69) is 9.97 Å². The quantitative estimate of drug-likeness (QED) is 0.537. The third-order valence-corrected chi connectivity index (χ3v) is 3.86. The SMILES string of the molecule is Cc1nc(-c2ccc(Oc3c([N+](=O)[O-])ncn3C)c(F)c2)cs1. The molecule has 0 atom stereocenters. The number of nitrogens with zero attached hydrogens (tertiary/aromatic N) is 4. The lowest BCUT2D eigenvalue weighted by Crippen LogP contribution is -1.98. The van der Waals surface area contributed by atoms with Crippen molar-refractivity contribution in [3.63, 3.8) is 0 Å². The van der Waals surface area contributed by atoms with Crippen LogP contribution in [0.2, 0.25) is 0 Å². The molecule has 3 rings (SSSR count). The zero-order valence-electron chi connectivity index (χ0n) is 12.2. The zero-order valence-corrected chi connectivity index (χ0v) is 13.0. The van der Waals surface area contributed by atoms with Gasteiger partial charge in [0.25, 0.3) is 0 Å². The number of thiazole rings is 1. The Balaban J connectivity index is 1.93. The predicted molar refractivity (Wildman–Crippen MR) is 82.2 cm³/mol. The van der Waals surface area contributed by atoms with Crippen LogP contribution in [0.15, 0.2) is 29.9 Å². The summed E-state index contributed by atoms with van der Waals surface area (Å²) in [5.41, 5.74) is 1.28. The van der Waals surface area contributed by atoms with Crippen LogP contribution in [0.25, 0.3) is 11.3 Å². The van der Waals surface area contributed by atoms with Crippen LogP contribution in [0.3, 0.4) is 0 Å². The number of aryl methyl sites for hydroxylation is 2. The number of rotatable bonds is 4. The van der Waals surface area contributed by atoms with Crippen LogP contribution in [0.4, 0.5) is 10.2 Å². The highest BCUT2D eigenvalue weighted by Gasteiger charge is 2.23. The van der Waals surface area contributed by atoms with Crippen LogP contribution in [0.5, 0.6) is 11.6 Å². The van der Waals surface area contributed by atoms with Gasteiger partial charge in [-0.1, -0.05) is 0 Å². The third kappa shape index (κ3) is 2.90. The monoisotopic (exact) mass is 334 g/mol. The van der Waals surface area contributed by atoms with Gasteiger partial charge in [0.15, 0.2) is 11.6 Å². The molecule has 0 fully saturated rings. The van der Waals surface area contributed by atoms with Gasteiger partial charge in [-0.25, -0.2) is 9.37 Å². The number of nitro groups is 1. The molecule has 0 unspecified atom stereocenters. The molecule has 0 saturated heterocycles. The van der Waals surface area contributed by atoms with Gasteiger partial charge >= 0.3 is 11.7 Å². The molecule has 9 heteroatoms. The predicted octanol–water partition coefficient (Wildman–Crippen LogP) is 3.69. The Morgan fingerprint density at radius 3 is 2.83 bits per heavy atom. The van der Waals surface area contributed by atoms with Crippen molar-refractivity contribution in [3.05, 3.63) is 50.8 Å². The van der Waals surface area contributed by atoms with E-state index < -0.39 is 16.6 Å². The van der Waals surface area contributed by atoms with E-state index in [0.717, 1.165) is 5.01 Å². The van der Waals surface area contributed by atoms with Crippen molar-refractivity contribution in [3.8, 4) is 22.9 Å². The smallest absolute Gasteiger partial charge is 0.427 e. The van der Waals surface area contributed by atoms with Crippen LogP contribution < -0.4 is 4.74 Å². The first-order valence-electron chi connectivity index (χ1n) is 6.51. The van der Waals surface area contributed by atoms with Crippen molar-refractivity contribution in [2.45, 2.75) is 6.92 Å². The maximum absolute atomic E-state index is 14.3. The van der Waals surface area contributed by atoms with E-state index in [0.29, 0.717) is 11.3 Å². The van der Waals surface area contributed by atoms with Gasteiger partial charge in [-0.05, 0) is 35.0 Å². The van der Waals surface area contributed by atoms with Gasteiger partial charge in [-0.15, -0.1) is 11.3 Å². The van der Waals surface area contributed by atoms with Gasteiger partial charge in [0, 0.05) is 18.0 Å². The molecule has 23 heavy (non-hydrogen) atoms. The molecule has 2 heterocycles. The minimum Gasteiger partial charge on any atom is -0.431 e. The number of ether oxygens (including phenoxy) is 1. The number of benzene rings is 1. The molecule has 1 aromatic carbocycles. The normalized spacial score (nSPS) is 10.7. The van der Waals surface area contributed by atoms with Gasteiger partial charge in [0.05, 0.1) is 10.7 Å². The summed E-state index contributed by atoms with van der Waals surface area (Å²) >= 11 is 1.47. The maximum Gasteiger partial charge on any atom is 0.427 e. The second-order valence-corrected chi connectivity index (χ2v) is 5.80. The van der Waals surface area contributed by atoms with Gasteiger partial charge in [0.1, 0.15) is 0 Å². The Hall–Kier alpha value is -2.81. The zero-order chi connectivity index (χ0) is 16.6. The summed E-state index contributed by atoms with van der Waals surface area (Å²) in [6, 6.07) is 4.34. The maximum atomic E-state index is 14.3. The number of imidazole rings is 1.